The minimum absolute atomic E-state index is 0.0668. The van der Waals surface area contributed by atoms with E-state index in [0.717, 1.165) is 33.0 Å². The summed E-state index contributed by atoms with van der Waals surface area (Å²) in [6, 6.07) is 18.4. The second-order valence-electron chi connectivity index (χ2n) is 7.64. The number of barbiturate groups is 1. The molecular weight excluding hydrogens is 390 g/mol. The Bertz CT molecular complexity index is 1220. The fourth-order valence-electron chi connectivity index (χ4n) is 3.83. The third-order valence-electron chi connectivity index (χ3n) is 5.55. The highest BCUT2D eigenvalue weighted by Gasteiger charge is 2.37. The molecule has 0 aliphatic carbocycles. The quantitative estimate of drug-likeness (QED) is 0.516. The maximum absolute atomic E-state index is 13.2. The summed E-state index contributed by atoms with van der Waals surface area (Å²) in [4.78, 5) is 39.1. The maximum Gasteiger partial charge on any atom is 0.335 e. The number of imide groups is 2. The topological polar surface area (TPSA) is 71.4 Å². The number of hydrogen-bond acceptors (Lipinski definition) is 3. The van der Waals surface area contributed by atoms with Gasteiger partial charge in [-0.1, -0.05) is 48.5 Å². The molecule has 2 heterocycles. The number of hydrogen-bond donors (Lipinski definition) is 1. The summed E-state index contributed by atoms with van der Waals surface area (Å²) >= 11 is 0. The van der Waals surface area contributed by atoms with Crippen molar-refractivity contribution in [3.8, 4) is 0 Å². The summed E-state index contributed by atoms with van der Waals surface area (Å²) in [5.41, 5.74) is 5.04. The van der Waals surface area contributed by atoms with Gasteiger partial charge in [-0.05, 0) is 55.7 Å². The number of aromatic nitrogens is 1. The predicted molar refractivity (Wildman–Crippen MR) is 120 cm³/mol. The van der Waals surface area contributed by atoms with Crippen molar-refractivity contribution in [3.05, 3.63) is 94.3 Å². The van der Waals surface area contributed by atoms with Crippen LogP contribution in [0.1, 0.15) is 28.1 Å². The Morgan fingerprint density at radius 2 is 1.58 bits per heavy atom. The first-order chi connectivity index (χ1) is 14.9. The molecular formula is C25H23N3O3. The highest BCUT2D eigenvalue weighted by molar-refractivity contribution is 6.39. The third-order valence-corrected chi connectivity index (χ3v) is 5.55. The summed E-state index contributed by atoms with van der Waals surface area (Å²) in [7, 11) is 0. The van der Waals surface area contributed by atoms with Crippen LogP contribution in [0.5, 0.6) is 0 Å². The zero-order valence-corrected chi connectivity index (χ0v) is 17.7. The number of aryl methyl sites for hydroxylation is 2. The lowest BCUT2D eigenvalue weighted by Crippen LogP contribution is -2.54. The Labute approximate surface area is 180 Å². The number of benzene rings is 2. The van der Waals surface area contributed by atoms with Crippen molar-refractivity contribution in [1.29, 1.82) is 0 Å². The second-order valence-corrected chi connectivity index (χ2v) is 7.64. The molecule has 0 bridgehead atoms. The Balaban J connectivity index is 1.72. The molecule has 0 atom stereocenters. The van der Waals surface area contributed by atoms with Crippen molar-refractivity contribution in [2.24, 2.45) is 0 Å². The molecule has 3 aromatic rings. The van der Waals surface area contributed by atoms with Crippen LogP contribution < -0.4 is 10.2 Å². The number of nitrogens with one attached hydrogen (secondary N) is 1. The number of para-hydroxylation sites is 1. The lowest BCUT2D eigenvalue weighted by Gasteiger charge is -2.27. The SMILES string of the molecule is Cc1ccccc1N1C(=O)NC(=O)/C(=C\c2cc(C)n(Cc3ccccc3)c2C)C1=O. The number of anilines is 1. The summed E-state index contributed by atoms with van der Waals surface area (Å²) < 4.78 is 2.14. The van der Waals surface area contributed by atoms with Crippen LogP contribution in [0.4, 0.5) is 10.5 Å². The van der Waals surface area contributed by atoms with E-state index in [9.17, 15) is 14.4 Å². The first-order valence-corrected chi connectivity index (χ1v) is 10.0. The number of carbonyl (C=O) groups is 3. The van der Waals surface area contributed by atoms with E-state index in [2.05, 4.69) is 22.0 Å². The van der Waals surface area contributed by atoms with Gasteiger partial charge < -0.3 is 4.57 Å². The summed E-state index contributed by atoms with van der Waals surface area (Å²) in [5, 5.41) is 2.29. The lowest BCUT2D eigenvalue weighted by molar-refractivity contribution is -0.122. The number of nitrogens with zero attached hydrogens (tertiary/aromatic N) is 2. The second kappa shape index (κ2) is 8.07. The van der Waals surface area contributed by atoms with E-state index >= 15 is 0 Å². The van der Waals surface area contributed by atoms with Gasteiger partial charge in [0.05, 0.1) is 5.69 Å². The Hall–Kier alpha value is -3.93. The molecule has 1 saturated heterocycles. The van der Waals surface area contributed by atoms with Crippen LogP contribution in [-0.4, -0.2) is 22.4 Å². The van der Waals surface area contributed by atoms with Crippen molar-refractivity contribution in [1.82, 2.24) is 9.88 Å². The first kappa shape index (κ1) is 20.3. The highest BCUT2D eigenvalue weighted by atomic mass is 16.2. The average Bonchev–Trinajstić information content (AvgIpc) is 3.00. The van der Waals surface area contributed by atoms with Gasteiger partial charge in [0.1, 0.15) is 5.57 Å². The number of rotatable bonds is 4. The van der Waals surface area contributed by atoms with Gasteiger partial charge in [-0.15, -0.1) is 0 Å². The Morgan fingerprint density at radius 3 is 2.29 bits per heavy atom. The van der Waals surface area contributed by atoms with E-state index in [-0.39, 0.29) is 5.57 Å². The monoisotopic (exact) mass is 413 g/mol. The number of urea groups is 1. The summed E-state index contributed by atoms with van der Waals surface area (Å²) in [5.74, 6) is -1.32. The van der Waals surface area contributed by atoms with Crippen molar-refractivity contribution in [3.63, 3.8) is 0 Å². The van der Waals surface area contributed by atoms with E-state index in [0.29, 0.717) is 12.2 Å². The smallest absolute Gasteiger partial charge is 0.335 e. The number of carbonyl (C=O) groups excluding carboxylic acids is 3. The van der Waals surface area contributed by atoms with Gasteiger partial charge in [0.15, 0.2) is 0 Å². The van der Waals surface area contributed by atoms with E-state index in [1.54, 1.807) is 18.2 Å². The van der Waals surface area contributed by atoms with Crippen LogP contribution in [0.15, 0.2) is 66.2 Å². The Kier molecular flexibility index (Phi) is 5.29. The van der Waals surface area contributed by atoms with Crippen molar-refractivity contribution >= 4 is 29.6 Å². The average molecular weight is 413 g/mol. The van der Waals surface area contributed by atoms with Gasteiger partial charge in [0, 0.05) is 17.9 Å². The zero-order chi connectivity index (χ0) is 22.1. The molecule has 31 heavy (non-hydrogen) atoms. The van der Waals surface area contributed by atoms with Crippen LogP contribution in [0, 0.1) is 20.8 Å². The molecule has 6 nitrogen and oxygen atoms in total. The summed E-state index contributed by atoms with van der Waals surface area (Å²) in [6.45, 7) is 6.45. The third kappa shape index (κ3) is 3.80. The van der Waals surface area contributed by atoms with Gasteiger partial charge in [-0.3, -0.25) is 14.9 Å². The zero-order valence-electron chi connectivity index (χ0n) is 17.7. The standard InChI is InChI=1S/C25H23N3O3/c1-16-9-7-8-12-22(16)28-24(30)21(23(29)26-25(28)31)14-20-13-17(2)27(18(20)3)15-19-10-5-4-6-11-19/h4-14H,15H2,1-3H3,(H,26,29,31)/b21-14+. The molecule has 156 valence electrons. The van der Waals surface area contributed by atoms with Crippen LogP contribution in [0.3, 0.4) is 0 Å². The van der Waals surface area contributed by atoms with E-state index in [1.165, 1.54) is 0 Å². The van der Waals surface area contributed by atoms with Crippen LogP contribution >= 0.6 is 0 Å². The molecule has 1 aromatic heterocycles. The molecule has 6 heteroatoms. The van der Waals surface area contributed by atoms with E-state index in [1.807, 2.05) is 57.2 Å². The molecule has 0 saturated carbocycles. The van der Waals surface area contributed by atoms with Crippen LogP contribution in [-0.2, 0) is 16.1 Å². The maximum atomic E-state index is 13.2. The fraction of sp³-hybridized carbons (Fsp3) is 0.160. The molecule has 1 aliphatic heterocycles. The molecule has 2 aromatic carbocycles. The first-order valence-electron chi connectivity index (χ1n) is 10.0. The largest absolute Gasteiger partial charge is 0.344 e. The van der Waals surface area contributed by atoms with Gasteiger partial charge in [-0.25, -0.2) is 9.69 Å². The molecule has 0 unspecified atom stereocenters. The van der Waals surface area contributed by atoms with Crippen molar-refractivity contribution in [2.45, 2.75) is 27.3 Å². The normalized spacial score (nSPS) is 15.5. The Morgan fingerprint density at radius 1 is 0.903 bits per heavy atom. The minimum atomic E-state index is -0.740. The van der Waals surface area contributed by atoms with Crippen LogP contribution in [0.25, 0.3) is 6.08 Å². The number of amides is 4. The molecule has 1 fully saturated rings. The molecule has 1 aliphatic rings. The fourth-order valence-corrected chi connectivity index (χ4v) is 3.83. The van der Waals surface area contributed by atoms with Gasteiger partial charge in [-0.2, -0.15) is 0 Å². The van der Waals surface area contributed by atoms with Gasteiger partial charge >= 0.3 is 6.03 Å². The summed E-state index contributed by atoms with van der Waals surface area (Å²) in [6.07, 6.45) is 1.57. The predicted octanol–water partition coefficient (Wildman–Crippen LogP) is 4.13. The molecule has 4 rings (SSSR count). The van der Waals surface area contributed by atoms with Crippen molar-refractivity contribution < 1.29 is 14.4 Å². The van der Waals surface area contributed by atoms with Crippen molar-refractivity contribution in [2.75, 3.05) is 4.90 Å². The van der Waals surface area contributed by atoms with Gasteiger partial charge in [0.2, 0.25) is 0 Å². The molecule has 0 spiro atoms. The van der Waals surface area contributed by atoms with E-state index < -0.39 is 17.8 Å². The van der Waals surface area contributed by atoms with E-state index in [4.69, 9.17) is 0 Å². The van der Waals surface area contributed by atoms with Gasteiger partial charge in [0.25, 0.3) is 11.8 Å². The lowest BCUT2D eigenvalue weighted by atomic mass is 10.1. The molecule has 1 N–H and O–H groups in total. The molecule has 0 radical (unpaired) electrons. The van der Waals surface area contributed by atoms with Crippen LogP contribution in [0.2, 0.25) is 0 Å². The highest BCUT2D eigenvalue weighted by Crippen LogP contribution is 2.26. The minimum Gasteiger partial charge on any atom is -0.344 e. The molecule has 4 amide bonds.